The SMILES string of the molecule is CCOc1cc(C=CC(=O)O)cc(Cl)c1OCCOc1ccccc1C. The summed E-state index contributed by atoms with van der Waals surface area (Å²) in [6.07, 6.45) is 2.49. The quantitative estimate of drug-likeness (QED) is 0.511. The maximum absolute atomic E-state index is 10.7. The van der Waals surface area contributed by atoms with Gasteiger partial charge in [-0.25, -0.2) is 4.79 Å². The number of hydrogen-bond acceptors (Lipinski definition) is 4. The number of aliphatic carboxylic acids is 1. The van der Waals surface area contributed by atoms with Gasteiger partial charge in [-0.15, -0.1) is 0 Å². The summed E-state index contributed by atoms with van der Waals surface area (Å²) in [4.78, 5) is 10.7. The monoisotopic (exact) mass is 376 g/mol. The molecule has 0 aliphatic heterocycles. The van der Waals surface area contributed by atoms with Gasteiger partial charge in [0.05, 0.1) is 11.6 Å². The maximum atomic E-state index is 10.7. The molecule has 0 saturated heterocycles. The van der Waals surface area contributed by atoms with Crippen LogP contribution in [0.15, 0.2) is 42.5 Å². The fraction of sp³-hybridized carbons (Fsp3) is 0.250. The molecule has 0 aromatic heterocycles. The second kappa shape index (κ2) is 9.73. The first-order valence-electron chi connectivity index (χ1n) is 8.19. The molecule has 0 saturated carbocycles. The van der Waals surface area contributed by atoms with Crippen molar-refractivity contribution in [2.75, 3.05) is 19.8 Å². The van der Waals surface area contributed by atoms with Crippen LogP contribution in [0.3, 0.4) is 0 Å². The first kappa shape index (κ1) is 19.7. The van der Waals surface area contributed by atoms with Crippen LogP contribution in [0, 0.1) is 6.92 Å². The van der Waals surface area contributed by atoms with Gasteiger partial charge in [0.15, 0.2) is 11.5 Å². The number of para-hydroxylation sites is 1. The molecule has 0 bridgehead atoms. The Morgan fingerprint density at radius 1 is 1.12 bits per heavy atom. The number of carboxylic acid groups (broad SMARTS) is 1. The van der Waals surface area contributed by atoms with E-state index in [0.717, 1.165) is 17.4 Å². The Kier molecular flexibility index (Phi) is 7.36. The molecule has 0 aliphatic carbocycles. The van der Waals surface area contributed by atoms with Crippen molar-refractivity contribution in [1.29, 1.82) is 0 Å². The van der Waals surface area contributed by atoms with Gasteiger partial charge >= 0.3 is 5.97 Å². The summed E-state index contributed by atoms with van der Waals surface area (Å²) in [5.74, 6) is 0.643. The van der Waals surface area contributed by atoms with E-state index in [0.29, 0.717) is 41.9 Å². The van der Waals surface area contributed by atoms with E-state index in [1.807, 2.05) is 38.1 Å². The summed E-state index contributed by atoms with van der Waals surface area (Å²) >= 11 is 6.28. The van der Waals surface area contributed by atoms with Gasteiger partial charge in [-0.3, -0.25) is 0 Å². The highest BCUT2D eigenvalue weighted by molar-refractivity contribution is 6.32. The fourth-order valence-electron chi connectivity index (χ4n) is 2.27. The van der Waals surface area contributed by atoms with Crippen LogP contribution in [-0.4, -0.2) is 30.9 Å². The largest absolute Gasteiger partial charge is 0.490 e. The van der Waals surface area contributed by atoms with Gasteiger partial charge in [0.1, 0.15) is 19.0 Å². The fourth-order valence-corrected chi connectivity index (χ4v) is 2.54. The molecule has 0 heterocycles. The van der Waals surface area contributed by atoms with Crippen LogP contribution in [0.1, 0.15) is 18.1 Å². The molecule has 138 valence electrons. The van der Waals surface area contributed by atoms with Gasteiger partial charge in [-0.2, -0.15) is 0 Å². The van der Waals surface area contributed by atoms with E-state index in [1.54, 1.807) is 12.1 Å². The van der Waals surface area contributed by atoms with E-state index < -0.39 is 5.97 Å². The van der Waals surface area contributed by atoms with Crippen molar-refractivity contribution in [2.24, 2.45) is 0 Å². The summed E-state index contributed by atoms with van der Waals surface area (Å²) in [6.45, 7) is 4.90. The minimum absolute atomic E-state index is 0.290. The molecule has 0 aliphatic rings. The minimum atomic E-state index is -1.03. The summed E-state index contributed by atoms with van der Waals surface area (Å²) in [6, 6.07) is 11.1. The molecule has 0 atom stereocenters. The Hall–Kier alpha value is -2.66. The van der Waals surface area contributed by atoms with Crippen LogP contribution in [0.2, 0.25) is 5.02 Å². The zero-order valence-corrected chi connectivity index (χ0v) is 15.5. The van der Waals surface area contributed by atoms with Crippen molar-refractivity contribution in [3.63, 3.8) is 0 Å². The topological polar surface area (TPSA) is 65.0 Å². The lowest BCUT2D eigenvalue weighted by molar-refractivity contribution is -0.131. The highest BCUT2D eigenvalue weighted by Gasteiger charge is 2.12. The Morgan fingerprint density at radius 3 is 2.54 bits per heavy atom. The second-order valence-corrected chi connectivity index (χ2v) is 5.80. The Morgan fingerprint density at radius 2 is 1.85 bits per heavy atom. The molecule has 2 aromatic carbocycles. The number of hydrogen-bond donors (Lipinski definition) is 1. The average molecular weight is 377 g/mol. The molecule has 0 spiro atoms. The summed E-state index contributed by atoms with van der Waals surface area (Å²) in [7, 11) is 0. The van der Waals surface area contributed by atoms with E-state index in [1.165, 1.54) is 6.08 Å². The third kappa shape index (κ3) is 5.70. The Balaban J connectivity index is 2.05. The van der Waals surface area contributed by atoms with E-state index in [9.17, 15) is 4.79 Å². The molecule has 26 heavy (non-hydrogen) atoms. The third-order valence-electron chi connectivity index (χ3n) is 3.43. The molecule has 2 rings (SSSR count). The summed E-state index contributed by atoms with van der Waals surface area (Å²) in [5, 5.41) is 9.08. The maximum Gasteiger partial charge on any atom is 0.328 e. The van der Waals surface area contributed by atoms with Gasteiger partial charge in [0.25, 0.3) is 0 Å². The van der Waals surface area contributed by atoms with Gasteiger partial charge in [-0.1, -0.05) is 29.8 Å². The number of benzene rings is 2. The van der Waals surface area contributed by atoms with Crippen LogP contribution in [-0.2, 0) is 4.79 Å². The molecule has 0 fully saturated rings. The summed E-state index contributed by atoms with van der Waals surface area (Å²) in [5.41, 5.74) is 1.67. The molecule has 0 radical (unpaired) electrons. The van der Waals surface area contributed by atoms with Crippen molar-refractivity contribution in [1.82, 2.24) is 0 Å². The number of rotatable bonds is 9. The van der Waals surface area contributed by atoms with Crippen LogP contribution in [0.5, 0.6) is 17.2 Å². The molecule has 0 amide bonds. The highest BCUT2D eigenvalue weighted by atomic mass is 35.5. The first-order valence-corrected chi connectivity index (χ1v) is 8.57. The lowest BCUT2D eigenvalue weighted by Crippen LogP contribution is -2.10. The van der Waals surface area contributed by atoms with Crippen LogP contribution in [0.4, 0.5) is 0 Å². The standard InChI is InChI=1S/C20H21ClO5/c1-3-24-18-13-15(8-9-19(22)23)12-16(21)20(18)26-11-10-25-17-7-5-4-6-14(17)2/h4-9,12-13H,3,10-11H2,1-2H3,(H,22,23). The van der Waals surface area contributed by atoms with Crippen molar-refractivity contribution in [3.05, 3.63) is 58.6 Å². The van der Waals surface area contributed by atoms with E-state index in [-0.39, 0.29) is 0 Å². The van der Waals surface area contributed by atoms with E-state index in [4.69, 9.17) is 30.9 Å². The number of carboxylic acids is 1. The molecule has 6 heteroatoms. The van der Waals surface area contributed by atoms with Crippen LogP contribution in [0.25, 0.3) is 6.08 Å². The van der Waals surface area contributed by atoms with Crippen molar-refractivity contribution in [3.8, 4) is 17.2 Å². The van der Waals surface area contributed by atoms with Crippen molar-refractivity contribution >= 4 is 23.6 Å². The first-order chi connectivity index (χ1) is 12.5. The van der Waals surface area contributed by atoms with Gasteiger partial charge in [0, 0.05) is 6.08 Å². The van der Waals surface area contributed by atoms with Gasteiger partial charge < -0.3 is 19.3 Å². The van der Waals surface area contributed by atoms with E-state index >= 15 is 0 Å². The highest BCUT2D eigenvalue weighted by Crippen LogP contribution is 2.37. The normalized spacial score (nSPS) is 10.7. The van der Waals surface area contributed by atoms with E-state index in [2.05, 4.69) is 0 Å². The molecule has 0 unspecified atom stereocenters. The lowest BCUT2D eigenvalue weighted by atomic mass is 10.2. The average Bonchev–Trinajstić information content (AvgIpc) is 2.60. The number of ether oxygens (including phenoxy) is 3. The van der Waals surface area contributed by atoms with Crippen LogP contribution >= 0.6 is 11.6 Å². The zero-order chi connectivity index (χ0) is 18.9. The molecular weight excluding hydrogens is 356 g/mol. The van der Waals surface area contributed by atoms with Crippen LogP contribution < -0.4 is 14.2 Å². The molecule has 2 aromatic rings. The third-order valence-corrected chi connectivity index (χ3v) is 3.71. The van der Waals surface area contributed by atoms with Gasteiger partial charge in [-0.05, 0) is 49.2 Å². The van der Waals surface area contributed by atoms with Crippen molar-refractivity contribution < 1.29 is 24.1 Å². The number of halogens is 1. The summed E-state index contributed by atoms with van der Waals surface area (Å²) < 4.78 is 17.0. The zero-order valence-electron chi connectivity index (χ0n) is 14.7. The van der Waals surface area contributed by atoms with Crippen molar-refractivity contribution in [2.45, 2.75) is 13.8 Å². The smallest absolute Gasteiger partial charge is 0.328 e. The minimum Gasteiger partial charge on any atom is -0.490 e. The Labute approximate surface area is 157 Å². The molecular formula is C20H21ClO5. The predicted molar refractivity (Wildman–Crippen MR) is 101 cm³/mol. The Bertz CT molecular complexity index is 786. The lowest BCUT2D eigenvalue weighted by Gasteiger charge is -2.15. The molecule has 5 nitrogen and oxygen atoms in total. The predicted octanol–water partition coefficient (Wildman–Crippen LogP) is 4.60. The number of carbonyl (C=O) groups is 1. The second-order valence-electron chi connectivity index (χ2n) is 5.40. The van der Waals surface area contributed by atoms with Gasteiger partial charge in [0.2, 0.25) is 0 Å². The number of aryl methyl sites for hydroxylation is 1. The molecule has 1 N–H and O–H groups in total.